The van der Waals surface area contributed by atoms with Crippen LogP contribution in [-0.4, -0.2) is 23.1 Å². The van der Waals surface area contributed by atoms with E-state index in [0.29, 0.717) is 0 Å². The number of hydrazine groups is 1. The molecule has 0 amide bonds. The summed E-state index contributed by atoms with van der Waals surface area (Å²) in [6.45, 7) is 7.51. The maximum Gasteiger partial charge on any atom is 0.0843 e. The topological polar surface area (TPSA) is 47.3 Å². The van der Waals surface area contributed by atoms with Gasteiger partial charge in [-0.15, -0.1) is 0 Å². The number of hydrogen-bond donors (Lipinski definition) is 2. The van der Waals surface area contributed by atoms with Crippen molar-refractivity contribution in [1.82, 2.24) is 5.43 Å². The largest absolute Gasteiger partial charge is 0.373 e. The first-order valence-electron chi connectivity index (χ1n) is 7.29. The van der Waals surface area contributed by atoms with E-state index in [2.05, 4.69) is 50.5 Å². The molecule has 2 rings (SSSR count). The van der Waals surface area contributed by atoms with E-state index in [0.717, 1.165) is 25.2 Å². The number of ether oxygens (including phenoxy) is 1. The van der Waals surface area contributed by atoms with Crippen LogP contribution in [0.2, 0.25) is 0 Å². The number of nitrogens with two attached hydrogens (primary N) is 1. The maximum atomic E-state index is 5.96. The van der Waals surface area contributed by atoms with Gasteiger partial charge in [-0.05, 0) is 24.0 Å². The molecule has 4 heteroatoms. The SMILES string of the molecule is CC(C)(C)SCC(CC1OCCc2ccccc21)NN. The van der Waals surface area contributed by atoms with E-state index in [1.54, 1.807) is 0 Å². The number of fused-ring (bicyclic) bond motifs is 1. The van der Waals surface area contributed by atoms with E-state index in [-0.39, 0.29) is 16.9 Å². The summed E-state index contributed by atoms with van der Waals surface area (Å²) in [6, 6.07) is 8.86. The second-order valence-corrected chi connectivity index (χ2v) is 8.18. The van der Waals surface area contributed by atoms with Crippen molar-refractivity contribution in [2.75, 3.05) is 12.4 Å². The van der Waals surface area contributed by atoms with Gasteiger partial charge in [0.2, 0.25) is 0 Å². The highest BCUT2D eigenvalue weighted by Crippen LogP contribution is 2.32. The first-order valence-corrected chi connectivity index (χ1v) is 8.27. The minimum absolute atomic E-state index is 0.168. The van der Waals surface area contributed by atoms with Crippen LogP contribution < -0.4 is 11.3 Å². The lowest BCUT2D eigenvalue weighted by Gasteiger charge is -2.30. The summed E-state index contributed by atoms with van der Waals surface area (Å²) in [7, 11) is 0. The van der Waals surface area contributed by atoms with Crippen LogP contribution >= 0.6 is 11.8 Å². The molecule has 0 saturated heterocycles. The number of hydrogen-bond acceptors (Lipinski definition) is 4. The lowest BCUT2D eigenvalue weighted by atomic mass is 9.94. The van der Waals surface area contributed by atoms with Crippen molar-refractivity contribution < 1.29 is 4.74 Å². The Kier molecular flexibility index (Phi) is 5.49. The monoisotopic (exact) mass is 294 g/mol. The van der Waals surface area contributed by atoms with Crippen molar-refractivity contribution >= 4 is 11.8 Å². The molecule has 0 fully saturated rings. The summed E-state index contributed by atoms with van der Waals surface area (Å²) in [4.78, 5) is 0. The van der Waals surface area contributed by atoms with Gasteiger partial charge in [0, 0.05) is 16.5 Å². The Morgan fingerprint density at radius 1 is 1.40 bits per heavy atom. The fraction of sp³-hybridized carbons (Fsp3) is 0.625. The van der Waals surface area contributed by atoms with Gasteiger partial charge in [0.1, 0.15) is 0 Å². The highest BCUT2D eigenvalue weighted by molar-refractivity contribution is 8.00. The van der Waals surface area contributed by atoms with Crippen LogP contribution in [-0.2, 0) is 11.2 Å². The van der Waals surface area contributed by atoms with Crippen LogP contribution in [0.1, 0.15) is 44.4 Å². The summed E-state index contributed by atoms with van der Waals surface area (Å²) in [6.07, 6.45) is 2.11. The van der Waals surface area contributed by atoms with E-state index in [9.17, 15) is 0 Å². The summed E-state index contributed by atoms with van der Waals surface area (Å²) in [5, 5.41) is 0. The van der Waals surface area contributed by atoms with Gasteiger partial charge in [0.15, 0.2) is 0 Å². The molecule has 1 aromatic carbocycles. The third-order valence-corrected chi connectivity index (χ3v) is 4.98. The fourth-order valence-electron chi connectivity index (χ4n) is 2.47. The molecule has 3 N–H and O–H groups in total. The summed E-state index contributed by atoms with van der Waals surface area (Å²) in [5.74, 6) is 6.72. The predicted molar refractivity (Wildman–Crippen MR) is 86.8 cm³/mol. The van der Waals surface area contributed by atoms with Crippen LogP contribution in [0.15, 0.2) is 24.3 Å². The Morgan fingerprint density at radius 3 is 2.85 bits per heavy atom. The van der Waals surface area contributed by atoms with Gasteiger partial charge >= 0.3 is 0 Å². The molecule has 0 aliphatic carbocycles. The highest BCUT2D eigenvalue weighted by Gasteiger charge is 2.24. The van der Waals surface area contributed by atoms with Gasteiger partial charge in [-0.25, -0.2) is 0 Å². The van der Waals surface area contributed by atoms with Crippen molar-refractivity contribution in [3.8, 4) is 0 Å². The lowest BCUT2D eigenvalue weighted by molar-refractivity contribution is 0.0310. The molecule has 0 saturated carbocycles. The van der Waals surface area contributed by atoms with E-state index in [1.807, 2.05) is 11.8 Å². The number of benzene rings is 1. The molecule has 1 aromatic rings. The zero-order chi connectivity index (χ0) is 14.6. The van der Waals surface area contributed by atoms with E-state index >= 15 is 0 Å². The first kappa shape index (κ1) is 15.8. The minimum Gasteiger partial charge on any atom is -0.373 e. The van der Waals surface area contributed by atoms with Crippen molar-refractivity contribution in [1.29, 1.82) is 0 Å². The fourth-order valence-corrected chi connectivity index (χ4v) is 3.40. The normalized spacial score (nSPS) is 20.5. The zero-order valence-corrected chi connectivity index (χ0v) is 13.5. The summed E-state index contributed by atoms with van der Waals surface area (Å²) in [5.41, 5.74) is 5.70. The Hall–Kier alpha value is -0.550. The van der Waals surface area contributed by atoms with Crippen molar-refractivity contribution in [3.63, 3.8) is 0 Å². The second-order valence-electron chi connectivity index (χ2n) is 6.33. The molecule has 20 heavy (non-hydrogen) atoms. The van der Waals surface area contributed by atoms with Crippen molar-refractivity contribution in [3.05, 3.63) is 35.4 Å². The number of nitrogens with one attached hydrogen (secondary N) is 1. The smallest absolute Gasteiger partial charge is 0.0843 e. The standard InChI is InChI=1S/C16H26N2OS/c1-16(2,3)20-11-13(18-17)10-15-14-7-5-4-6-12(14)8-9-19-15/h4-7,13,15,18H,8-11,17H2,1-3H3. The number of thioether (sulfide) groups is 1. The molecule has 2 unspecified atom stereocenters. The average Bonchev–Trinajstić information content (AvgIpc) is 2.42. The highest BCUT2D eigenvalue weighted by atomic mass is 32.2. The van der Waals surface area contributed by atoms with Gasteiger partial charge in [-0.2, -0.15) is 11.8 Å². The van der Waals surface area contributed by atoms with Crippen LogP contribution in [0.3, 0.4) is 0 Å². The van der Waals surface area contributed by atoms with Crippen LogP contribution in [0.5, 0.6) is 0 Å². The third kappa shape index (κ3) is 4.48. The van der Waals surface area contributed by atoms with E-state index in [4.69, 9.17) is 10.6 Å². The van der Waals surface area contributed by atoms with E-state index in [1.165, 1.54) is 11.1 Å². The van der Waals surface area contributed by atoms with Gasteiger partial charge < -0.3 is 4.74 Å². The van der Waals surface area contributed by atoms with Crippen LogP contribution in [0, 0.1) is 0 Å². The van der Waals surface area contributed by atoms with Gasteiger partial charge in [0.05, 0.1) is 12.7 Å². The lowest BCUT2D eigenvalue weighted by Crippen LogP contribution is -2.39. The molecule has 1 heterocycles. The summed E-state index contributed by atoms with van der Waals surface area (Å²) < 4.78 is 6.23. The van der Waals surface area contributed by atoms with E-state index < -0.39 is 0 Å². The van der Waals surface area contributed by atoms with Crippen LogP contribution in [0.25, 0.3) is 0 Å². The van der Waals surface area contributed by atoms with Crippen LogP contribution in [0.4, 0.5) is 0 Å². The summed E-state index contributed by atoms with van der Waals surface area (Å²) >= 11 is 1.94. The van der Waals surface area contributed by atoms with Gasteiger partial charge in [0.25, 0.3) is 0 Å². The molecule has 0 spiro atoms. The average molecular weight is 294 g/mol. The Bertz CT molecular complexity index is 431. The van der Waals surface area contributed by atoms with Gasteiger partial charge in [-0.3, -0.25) is 11.3 Å². The van der Waals surface area contributed by atoms with Crippen molar-refractivity contribution in [2.45, 2.75) is 50.5 Å². The first-order chi connectivity index (χ1) is 9.49. The zero-order valence-electron chi connectivity index (χ0n) is 12.7. The molecule has 112 valence electrons. The Morgan fingerprint density at radius 2 is 2.15 bits per heavy atom. The molecular formula is C16H26N2OS. The molecule has 0 bridgehead atoms. The molecule has 1 aliphatic rings. The molecule has 2 atom stereocenters. The maximum absolute atomic E-state index is 5.96. The molecule has 1 aliphatic heterocycles. The molecule has 3 nitrogen and oxygen atoms in total. The Labute approximate surface area is 126 Å². The predicted octanol–water partition coefficient (Wildman–Crippen LogP) is 3.05. The quantitative estimate of drug-likeness (QED) is 0.647. The minimum atomic E-state index is 0.168. The van der Waals surface area contributed by atoms with Crippen molar-refractivity contribution in [2.24, 2.45) is 5.84 Å². The number of rotatable bonds is 5. The van der Waals surface area contributed by atoms with Gasteiger partial charge in [-0.1, -0.05) is 45.0 Å². The Balaban J connectivity index is 1.98. The molecule has 0 aromatic heterocycles. The molecule has 0 radical (unpaired) electrons. The third-order valence-electron chi connectivity index (χ3n) is 3.54. The molecular weight excluding hydrogens is 268 g/mol. The second kappa shape index (κ2) is 6.94.